The number of rotatable bonds is 5. The Labute approximate surface area is 179 Å². The molecular weight excluding hydrogens is 398 g/mol. The second-order valence-corrected chi connectivity index (χ2v) is 8.12. The summed E-state index contributed by atoms with van der Waals surface area (Å²) >= 11 is 1.87. The standard InChI is InChI=1S/C23H23N3O3S/c1-2-29-23(28)16-7-9-17(10-8-16)24-20-15-21(22(27)26-11-13-30-14-12-26)25-19-6-4-3-5-18(19)20/h3-10,15H,2,11-14H2,1H3,(H,24,25). The molecule has 6 nitrogen and oxygen atoms in total. The maximum Gasteiger partial charge on any atom is 0.338 e. The fraction of sp³-hybridized carbons (Fsp3) is 0.261. The first-order valence-electron chi connectivity index (χ1n) is 9.96. The Balaban J connectivity index is 1.64. The van der Waals surface area contributed by atoms with Crippen molar-refractivity contribution >= 4 is 45.9 Å². The number of aromatic nitrogens is 1. The van der Waals surface area contributed by atoms with E-state index in [2.05, 4.69) is 10.3 Å². The zero-order valence-corrected chi connectivity index (χ0v) is 17.6. The maximum atomic E-state index is 13.0. The molecule has 0 saturated carbocycles. The van der Waals surface area contributed by atoms with Crippen molar-refractivity contribution in [2.45, 2.75) is 6.92 Å². The van der Waals surface area contributed by atoms with Gasteiger partial charge in [0, 0.05) is 35.7 Å². The van der Waals surface area contributed by atoms with E-state index in [9.17, 15) is 9.59 Å². The van der Waals surface area contributed by atoms with Crippen LogP contribution in [0.4, 0.5) is 11.4 Å². The number of benzene rings is 2. The molecule has 2 aromatic carbocycles. The van der Waals surface area contributed by atoms with Crippen molar-refractivity contribution in [1.82, 2.24) is 9.88 Å². The number of amides is 1. The number of para-hydroxylation sites is 1. The van der Waals surface area contributed by atoms with E-state index in [0.29, 0.717) is 17.9 Å². The molecule has 4 rings (SSSR count). The Bertz CT molecular complexity index is 1060. The van der Waals surface area contributed by atoms with E-state index < -0.39 is 0 Å². The topological polar surface area (TPSA) is 71.5 Å². The minimum Gasteiger partial charge on any atom is -0.462 e. The number of anilines is 2. The van der Waals surface area contributed by atoms with Gasteiger partial charge in [-0.25, -0.2) is 9.78 Å². The molecule has 0 unspecified atom stereocenters. The summed E-state index contributed by atoms with van der Waals surface area (Å²) in [5.74, 6) is 1.53. The van der Waals surface area contributed by atoms with Crippen LogP contribution in [-0.2, 0) is 4.74 Å². The number of carbonyl (C=O) groups is 2. The number of hydrogen-bond donors (Lipinski definition) is 1. The van der Waals surface area contributed by atoms with Crippen LogP contribution in [0, 0.1) is 0 Å². The summed E-state index contributed by atoms with van der Waals surface area (Å²) in [5.41, 5.74) is 3.32. The lowest BCUT2D eigenvalue weighted by Crippen LogP contribution is -2.38. The minimum atomic E-state index is -0.342. The number of hydrogen-bond acceptors (Lipinski definition) is 6. The van der Waals surface area contributed by atoms with E-state index in [1.807, 2.05) is 59.1 Å². The Morgan fingerprint density at radius 1 is 1.10 bits per heavy atom. The van der Waals surface area contributed by atoms with Crippen LogP contribution in [0.15, 0.2) is 54.6 Å². The molecule has 1 N–H and O–H groups in total. The lowest BCUT2D eigenvalue weighted by Gasteiger charge is -2.26. The van der Waals surface area contributed by atoms with Crippen LogP contribution >= 0.6 is 11.8 Å². The molecule has 1 fully saturated rings. The van der Waals surface area contributed by atoms with Gasteiger partial charge in [0.2, 0.25) is 0 Å². The van der Waals surface area contributed by atoms with E-state index in [-0.39, 0.29) is 11.9 Å². The van der Waals surface area contributed by atoms with Crippen LogP contribution in [0.1, 0.15) is 27.8 Å². The zero-order valence-electron chi connectivity index (χ0n) is 16.8. The van der Waals surface area contributed by atoms with E-state index in [0.717, 1.165) is 46.9 Å². The van der Waals surface area contributed by atoms with Gasteiger partial charge >= 0.3 is 5.97 Å². The lowest BCUT2D eigenvalue weighted by atomic mass is 10.1. The molecule has 2 heterocycles. The number of esters is 1. The SMILES string of the molecule is CCOC(=O)c1ccc(Nc2cc(C(=O)N3CCSCC3)nc3ccccc23)cc1. The highest BCUT2D eigenvalue weighted by molar-refractivity contribution is 7.99. The third-order valence-corrected chi connectivity index (χ3v) is 5.85. The lowest BCUT2D eigenvalue weighted by molar-refractivity contribution is 0.0526. The Kier molecular flexibility index (Phi) is 6.18. The Morgan fingerprint density at radius 2 is 1.83 bits per heavy atom. The molecular formula is C23H23N3O3S. The first-order valence-corrected chi connectivity index (χ1v) is 11.1. The van der Waals surface area contributed by atoms with Gasteiger partial charge in [-0.2, -0.15) is 11.8 Å². The first kappa shape index (κ1) is 20.2. The maximum absolute atomic E-state index is 13.0. The molecule has 0 radical (unpaired) electrons. The summed E-state index contributed by atoms with van der Waals surface area (Å²) in [6, 6.07) is 16.7. The third-order valence-electron chi connectivity index (χ3n) is 4.91. The molecule has 154 valence electrons. The van der Waals surface area contributed by atoms with Gasteiger partial charge in [-0.3, -0.25) is 4.79 Å². The van der Waals surface area contributed by atoms with Crippen molar-refractivity contribution in [2.75, 3.05) is 36.5 Å². The molecule has 7 heteroatoms. The van der Waals surface area contributed by atoms with Crippen LogP contribution < -0.4 is 5.32 Å². The largest absolute Gasteiger partial charge is 0.462 e. The minimum absolute atomic E-state index is 0.0400. The highest BCUT2D eigenvalue weighted by atomic mass is 32.2. The molecule has 30 heavy (non-hydrogen) atoms. The van der Waals surface area contributed by atoms with Gasteiger partial charge in [0.1, 0.15) is 5.69 Å². The van der Waals surface area contributed by atoms with E-state index in [4.69, 9.17) is 4.74 Å². The van der Waals surface area contributed by atoms with Gasteiger partial charge in [-0.1, -0.05) is 18.2 Å². The van der Waals surface area contributed by atoms with Crippen LogP contribution in [0.3, 0.4) is 0 Å². The monoisotopic (exact) mass is 421 g/mol. The van der Waals surface area contributed by atoms with Gasteiger partial charge in [0.15, 0.2) is 0 Å². The van der Waals surface area contributed by atoms with Crippen molar-refractivity contribution in [3.05, 3.63) is 65.9 Å². The summed E-state index contributed by atoms with van der Waals surface area (Å²) in [6.45, 7) is 3.62. The smallest absolute Gasteiger partial charge is 0.338 e. The molecule has 1 amide bonds. The van der Waals surface area contributed by atoms with E-state index in [1.54, 1.807) is 19.1 Å². The molecule has 1 aliphatic rings. The van der Waals surface area contributed by atoms with Crippen molar-refractivity contribution in [2.24, 2.45) is 0 Å². The second kappa shape index (κ2) is 9.17. The number of fused-ring (bicyclic) bond motifs is 1. The first-order chi connectivity index (χ1) is 14.7. The molecule has 0 bridgehead atoms. The quantitative estimate of drug-likeness (QED) is 0.618. The Hall–Kier alpha value is -3.06. The van der Waals surface area contributed by atoms with Crippen LogP contribution in [0.2, 0.25) is 0 Å². The van der Waals surface area contributed by atoms with Gasteiger partial charge in [-0.05, 0) is 43.3 Å². The summed E-state index contributed by atoms with van der Waals surface area (Å²) < 4.78 is 5.03. The number of carbonyl (C=O) groups excluding carboxylic acids is 2. The summed E-state index contributed by atoms with van der Waals surface area (Å²) in [5, 5.41) is 4.30. The number of ether oxygens (including phenoxy) is 1. The van der Waals surface area contributed by atoms with Gasteiger partial charge in [-0.15, -0.1) is 0 Å². The summed E-state index contributed by atoms with van der Waals surface area (Å²) in [4.78, 5) is 31.3. The number of thioether (sulfide) groups is 1. The van der Waals surface area contributed by atoms with E-state index in [1.165, 1.54) is 0 Å². The highest BCUT2D eigenvalue weighted by Crippen LogP contribution is 2.27. The fourth-order valence-electron chi connectivity index (χ4n) is 3.38. The molecule has 1 aromatic heterocycles. The van der Waals surface area contributed by atoms with Crippen molar-refractivity contribution in [1.29, 1.82) is 0 Å². The molecule has 3 aromatic rings. The molecule has 1 saturated heterocycles. The highest BCUT2D eigenvalue weighted by Gasteiger charge is 2.21. The van der Waals surface area contributed by atoms with E-state index >= 15 is 0 Å². The van der Waals surface area contributed by atoms with Crippen molar-refractivity contribution in [3.8, 4) is 0 Å². The zero-order chi connectivity index (χ0) is 20.9. The second-order valence-electron chi connectivity index (χ2n) is 6.90. The average Bonchev–Trinajstić information content (AvgIpc) is 2.79. The van der Waals surface area contributed by atoms with Gasteiger partial charge in [0.05, 0.1) is 23.4 Å². The third kappa shape index (κ3) is 4.41. The number of nitrogens with zero attached hydrogens (tertiary/aromatic N) is 2. The van der Waals surface area contributed by atoms with Crippen LogP contribution in [0.25, 0.3) is 10.9 Å². The normalized spacial score (nSPS) is 13.8. The summed E-state index contributed by atoms with van der Waals surface area (Å²) in [6.07, 6.45) is 0. The van der Waals surface area contributed by atoms with Gasteiger partial charge < -0.3 is 15.0 Å². The number of pyridine rings is 1. The fourth-order valence-corrected chi connectivity index (χ4v) is 4.28. The van der Waals surface area contributed by atoms with Gasteiger partial charge in [0.25, 0.3) is 5.91 Å². The molecule has 1 aliphatic heterocycles. The predicted octanol–water partition coefficient (Wildman–Crippen LogP) is 4.34. The summed E-state index contributed by atoms with van der Waals surface area (Å²) in [7, 11) is 0. The Morgan fingerprint density at radius 3 is 2.57 bits per heavy atom. The molecule has 0 spiro atoms. The van der Waals surface area contributed by atoms with Crippen molar-refractivity contribution in [3.63, 3.8) is 0 Å². The van der Waals surface area contributed by atoms with Crippen molar-refractivity contribution < 1.29 is 14.3 Å². The van der Waals surface area contributed by atoms with Crippen LogP contribution in [-0.4, -0.2) is 53.0 Å². The number of nitrogens with one attached hydrogen (secondary N) is 1. The molecule has 0 aliphatic carbocycles. The van der Waals surface area contributed by atoms with Crippen LogP contribution in [0.5, 0.6) is 0 Å². The molecule has 0 atom stereocenters. The predicted molar refractivity (Wildman–Crippen MR) is 121 cm³/mol. The average molecular weight is 422 g/mol.